The molecule has 2 N–H and O–H groups in total. The van der Waals surface area contributed by atoms with E-state index in [9.17, 15) is 13.2 Å². The zero-order chi connectivity index (χ0) is 14.8. The third kappa shape index (κ3) is 3.28. The van der Waals surface area contributed by atoms with E-state index in [0.29, 0.717) is 17.6 Å². The van der Waals surface area contributed by atoms with Crippen LogP contribution in [0.25, 0.3) is 11.0 Å². The van der Waals surface area contributed by atoms with Gasteiger partial charge in [0.25, 0.3) is 0 Å². The predicted molar refractivity (Wildman–Crippen MR) is 69.8 cm³/mol. The Morgan fingerprint density at radius 1 is 1.35 bits per heavy atom. The van der Waals surface area contributed by atoms with E-state index in [1.54, 1.807) is 0 Å². The van der Waals surface area contributed by atoms with Gasteiger partial charge in [-0.15, -0.1) is 0 Å². The van der Waals surface area contributed by atoms with Gasteiger partial charge in [-0.3, -0.25) is 5.10 Å². The van der Waals surface area contributed by atoms with E-state index in [1.807, 2.05) is 6.92 Å². The first-order valence-electron chi connectivity index (χ1n) is 6.13. The highest BCUT2D eigenvalue weighted by atomic mass is 19.4. The minimum absolute atomic E-state index is 0.194. The zero-order valence-corrected chi connectivity index (χ0v) is 11.1. The fraction of sp³-hybridized carbons (Fsp3) is 0.545. The molecule has 0 spiro atoms. The Balaban J connectivity index is 2.36. The lowest BCUT2D eigenvalue weighted by atomic mass is 10.3. The highest BCUT2D eigenvalue weighted by Gasteiger charge is 2.30. The standard InChI is InChI=1S/C11H15F3N6/c1-3-4-15-10-17-8-7(5-16-19-8)9(18-10)20(2)6-11(12,13)14/h5H,3-4,6H2,1-2H3,(H2,15,16,17,18,19). The Labute approximate surface area is 113 Å². The summed E-state index contributed by atoms with van der Waals surface area (Å²) in [6, 6.07) is 0. The van der Waals surface area contributed by atoms with Crippen molar-refractivity contribution in [2.24, 2.45) is 0 Å². The maximum absolute atomic E-state index is 12.5. The second kappa shape index (κ2) is 5.51. The molecule has 2 heterocycles. The highest BCUT2D eigenvalue weighted by Crippen LogP contribution is 2.26. The van der Waals surface area contributed by atoms with Gasteiger partial charge in [-0.2, -0.15) is 28.2 Å². The molecule has 0 unspecified atom stereocenters. The summed E-state index contributed by atoms with van der Waals surface area (Å²) < 4.78 is 37.5. The van der Waals surface area contributed by atoms with Crippen LogP contribution in [0.4, 0.5) is 24.9 Å². The number of aromatic nitrogens is 4. The molecule has 110 valence electrons. The van der Waals surface area contributed by atoms with Crippen molar-refractivity contribution in [2.45, 2.75) is 19.5 Å². The predicted octanol–water partition coefficient (Wildman–Crippen LogP) is 2.17. The number of aromatic amines is 1. The first-order valence-corrected chi connectivity index (χ1v) is 6.13. The van der Waals surface area contributed by atoms with Crippen LogP contribution < -0.4 is 10.2 Å². The van der Waals surface area contributed by atoms with Gasteiger partial charge in [-0.05, 0) is 6.42 Å². The monoisotopic (exact) mass is 288 g/mol. The van der Waals surface area contributed by atoms with Crippen LogP contribution in [0, 0.1) is 0 Å². The maximum Gasteiger partial charge on any atom is 0.405 e. The van der Waals surface area contributed by atoms with E-state index in [2.05, 4.69) is 25.5 Å². The molecule has 0 atom stereocenters. The Morgan fingerprint density at radius 3 is 2.75 bits per heavy atom. The lowest BCUT2D eigenvalue weighted by Crippen LogP contribution is -2.31. The largest absolute Gasteiger partial charge is 0.405 e. The van der Waals surface area contributed by atoms with Gasteiger partial charge < -0.3 is 10.2 Å². The molecular weight excluding hydrogens is 273 g/mol. The molecule has 0 aliphatic heterocycles. The highest BCUT2D eigenvalue weighted by molar-refractivity contribution is 5.87. The first-order chi connectivity index (χ1) is 9.40. The average molecular weight is 288 g/mol. The molecule has 0 radical (unpaired) electrons. The third-order valence-corrected chi connectivity index (χ3v) is 2.60. The van der Waals surface area contributed by atoms with E-state index in [-0.39, 0.29) is 11.8 Å². The lowest BCUT2D eigenvalue weighted by Gasteiger charge is -2.20. The summed E-state index contributed by atoms with van der Waals surface area (Å²) in [6.45, 7) is 1.53. The molecule has 0 saturated carbocycles. The summed E-state index contributed by atoms with van der Waals surface area (Å²) in [6.07, 6.45) is -2.02. The SMILES string of the molecule is CCCNc1nc(N(C)CC(F)(F)F)c2cn[nH]c2n1. The molecule has 0 amide bonds. The molecule has 6 nitrogen and oxygen atoms in total. The molecule has 2 aromatic heterocycles. The summed E-state index contributed by atoms with van der Waals surface area (Å²) in [5.74, 6) is 0.479. The van der Waals surface area contributed by atoms with E-state index in [4.69, 9.17) is 0 Å². The topological polar surface area (TPSA) is 69.7 Å². The van der Waals surface area contributed by atoms with Crippen LogP contribution in [0.3, 0.4) is 0 Å². The van der Waals surface area contributed by atoms with Gasteiger partial charge in [0.1, 0.15) is 12.4 Å². The molecule has 0 aliphatic carbocycles. The summed E-state index contributed by atoms with van der Waals surface area (Å²) in [7, 11) is 1.34. The van der Waals surface area contributed by atoms with Gasteiger partial charge in [0, 0.05) is 13.6 Å². The van der Waals surface area contributed by atoms with Crippen LogP contribution >= 0.6 is 0 Å². The number of alkyl halides is 3. The number of hydrogen-bond acceptors (Lipinski definition) is 5. The second-order valence-electron chi connectivity index (χ2n) is 4.40. The minimum Gasteiger partial charge on any atom is -0.354 e. The van der Waals surface area contributed by atoms with E-state index in [0.717, 1.165) is 11.3 Å². The number of H-pyrrole nitrogens is 1. The summed E-state index contributed by atoms with van der Waals surface area (Å²) in [4.78, 5) is 9.34. The molecule has 0 aliphatic rings. The quantitative estimate of drug-likeness (QED) is 0.882. The van der Waals surface area contributed by atoms with Gasteiger partial charge in [-0.1, -0.05) is 6.92 Å². The number of hydrogen-bond donors (Lipinski definition) is 2. The fourth-order valence-corrected chi connectivity index (χ4v) is 1.77. The van der Waals surface area contributed by atoms with Crippen LogP contribution in [-0.2, 0) is 0 Å². The Morgan fingerprint density at radius 2 is 2.10 bits per heavy atom. The van der Waals surface area contributed by atoms with Gasteiger partial charge in [0.2, 0.25) is 5.95 Å². The average Bonchev–Trinajstić information content (AvgIpc) is 2.81. The van der Waals surface area contributed by atoms with Gasteiger partial charge >= 0.3 is 6.18 Å². The van der Waals surface area contributed by atoms with Crippen LogP contribution in [0.1, 0.15) is 13.3 Å². The molecule has 0 bridgehead atoms. The van der Waals surface area contributed by atoms with Crippen molar-refractivity contribution >= 4 is 22.8 Å². The van der Waals surface area contributed by atoms with Crippen LogP contribution in [0.15, 0.2) is 6.20 Å². The summed E-state index contributed by atoms with van der Waals surface area (Å²) in [5.41, 5.74) is 0.405. The van der Waals surface area contributed by atoms with Crippen molar-refractivity contribution in [3.8, 4) is 0 Å². The van der Waals surface area contributed by atoms with Crippen molar-refractivity contribution in [3.05, 3.63) is 6.20 Å². The molecular formula is C11H15F3N6. The fourth-order valence-electron chi connectivity index (χ4n) is 1.77. The molecule has 0 saturated heterocycles. The number of halogens is 3. The number of nitrogens with one attached hydrogen (secondary N) is 2. The lowest BCUT2D eigenvalue weighted by molar-refractivity contribution is -0.119. The summed E-state index contributed by atoms with van der Waals surface area (Å²) in [5, 5.41) is 9.86. The van der Waals surface area contributed by atoms with E-state index in [1.165, 1.54) is 13.2 Å². The molecule has 2 aromatic rings. The number of rotatable bonds is 5. The molecule has 2 rings (SSSR count). The minimum atomic E-state index is -4.30. The number of fused-ring (bicyclic) bond motifs is 1. The van der Waals surface area contributed by atoms with E-state index >= 15 is 0 Å². The molecule has 9 heteroatoms. The molecule has 0 fully saturated rings. The van der Waals surface area contributed by atoms with Gasteiger partial charge in [0.15, 0.2) is 5.65 Å². The third-order valence-electron chi connectivity index (χ3n) is 2.60. The van der Waals surface area contributed by atoms with Crippen molar-refractivity contribution in [3.63, 3.8) is 0 Å². The second-order valence-corrected chi connectivity index (χ2v) is 4.40. The molecule has 20 heavy (non-hydrogen) atoms. The Hall–Kier alpha value is -2.06. The van der Waals surface area contributed by atoms with Gasteiger partial charge in [0.05, 0.1) is 11.6 Å². The van der Waals surface area contributed by atoms with Crippen LogP contribution in [0.5, 0.6) is 0 Å². The van der Waals surface area contributed by atoms with Crippen LogP contribution in [-0.4, -0.2) is 46.5 Å². The van der Waals surface area contributed by atoms with E-state index < -0.39 is 12.7 Å². The smallest absolute Gasteiger partial charge is 0.354 e. The number of nitrogens with zero attached hydrogens (tertiary/aromatic N) is 4. The van der Waals surface area contributed by atoms with Crippen LogP contribution in [0.2, 0.25) is 0 Å². The zero-order valence-electron chi connectivity index (χ0n) is 11.1. The van der Waals surface area contributed by atoms with Crippen molar-refractivity contribution < 1.29 is 13.2 Å². The first kappa shape index (κ1) is 14.4. The number of anilines is 2. The van der Waals surface area contributed by atoms with Crippen molar-refractivity contribution in [2.75, 3.05) is 30.4 Å². The van der Waals surface area contributed by atoms with Crippen molar-refractivity contribution in [1.82, 2.24) is 20.2 Å². The summed E-state index contributed by atoms with van der Waals surface area (Å²) >= 11 is 0. The maximum atomic E-state index is 12.5. The normalized spacial score (nSPS) is 11.8. The Kier molecular flexibility index (Phi) is 3.96. The Bertz CT molecular complexity index is 579. The van der Waals surface area contributed by atoms with Crippen molar-refractivity contribution in [1.29, 1.82) is 0 Å². The van der Waals surface area contributed by atoms with Gasteiger partial charge in [-0.25, -0.2) is 0 Å². The molecule has 0 aromatic carbocycles.